The summed E-state index contributed by atoms with van der Waals surface area (Å²) in [5.41, 5.74) is 3.68. The number of rotatable bonds is 2. The van der Waals surface area contributed by atoms with E-state index < -0.39 is 0 Å². The molecule has 6 rings (SSSR count). The number of fused-ring (bicyclic) bond motifs is 5. The predicted molar refractivity (Wildman–Crippen MR) is 126 cm³/mol. The summed E-state index contributed by atoms with van der Waals surface area (Å²) in [5.74, 6) is 2.10. The molecule has 0 saturated heterocycles. The van der Waals surface area contributed by atoms with Crippen molar-refractivity contribution in [1.82, 2.24) is 9.78 Å². The number of carbonyl (C=O) groups excluding carboxylic acids is 1. The van der Waals surface area contributed by atoms with Crippen molar-refractivity contribution >= 4 is 11.9 Å². The molecule has 0 amide bonds. The van der Waals surface area contributed by atoms with Gasteiger partial charge in [0.1, 0.15) is 0 Å². The molecule has 172 valence electrons. The van der Waals surface area contributed by atoms with E-state index >= 15 is 0 Å². The fraction of sp³-hybridized carbons (Fsp3) is 0.714. The van der Waals surface area contributed by atoms with Gasteiger partial charge < -0.3 is 5.11 Å². The molecule has 1 aromatic heterocycles. The van der Waals surface area contributed by atoms with Gasteiger partial charge in [0.2, 0.25) is 0 Å². The van der Waals surface area contributed by atoms with Crippen molar-refractivity contribution in [1.29, 1.82) is 0 Å². The quantitative estimate of drug-likeness (QED) is 0.467. The van der Waals surface area contributed by atoms with E-state index in [2.05, 4.69) is 41.8 Å². The van der Waals surface area contributed by atoms with Gasteiger partial charge in [0, 0.05) is 11.6 Å². The van der Waals surface area contributed by atoms with E-state index in [0.717, 1.165) is 56.2 Å². The first-order valence-electron chi connectivity index (χ1n) is 13.1. The van der Waals surface area contributed by atoms with Gasteiger partial charge in [0.25, 0.3) is 0 Å². The number of aromatic nitrogens is 2. The second-order valence-corrected chi connectivity index (χ2v) is 12.0. The van der Waals surface area contributed by atoms with Crippen LogP contribution in [0.3, 0.4) is 0 Å². The molecule has 0 radical (unpaired) electrons. The molecule has 5 aliphatic rings. The second kappa shape index (κ2) is 7.41. The second-order valence-electron chi connectivity index (χ2n) is 12.0. The van der Waals surface area contributed by atoms with Gasteiger partial charge in [-0.2, -0.15) is 5.10 Å². The summed E-state index contributed by atoms with van der Waals surface area (Å²) in [6.07, 6.45) is 18.4. The average Bonchev–Trinajstić information content (AvgIpc) is 3.50. The number of carbonyl (C=O) groups is 1. The predicted octanol–water partition coefficient (Wildman–Crippen LogP) is 5.88. The number of Topliss-reactive ketones (excluding diaryl/α,β-unsaturated/α-hetero) is 1. The highest BCUT2D eigenvalue weighted by molar-refractivity contribution is 6.05. The van der Waals surface area contributed by atoms with E-state index in [1.807, 2.05) is 6.20 Å². The number of hydrogen-bond donors (Lipinski definition) is 1. The Kier molecular flexibility index (Phi) is 4.84. The maximum Gasteiger partial charge on any atom is 0.165 e. The molecule has 5 aliphatic carbocycles. The third-order valence-electron chi connectivity index (χ3n) is 10.4. The lowest BCUT2D eigenvalue weighted by Crippen LogP contribution is -2.50. The summed E-state index contributed by atoms with van der Waals surface area (Å²) in [5, 5.41) is 14.9. The molecule has 4 heteroatoms. The molecular formula is C28H38N2O2. The Balaban J connectivity index is 1.31. The standard InChI is InChI=1S/C28H38N2O2/c1-27-12-9-22(31)17-19(27)7-8-23-24(27)10-13-28(2)25(23)16-18(26(28)32)15-21-11-14-29-30(21)20-5-3-4-6-20/h7,11,14-15,20,22-25,31H,3-6,8-10,12-13,16-17H2,1-2H3/b18-15+/t22-,23-,24+,25+,27-,28+/m0/s1. The van der Waals surface area contributed by atoms with Gasteiger partial charge >= 0.3 is 0 Å². The smallest absolute Gasteiger partial charge is 0.165 e. The van der Waals surface area contributed by atoms with E-state index in [9.17, 15) is 9.90 Å². The van der Waals surface area contributed by atoms with Crippen molar-refractivity contribution in [3.05, 3.63) is 35.2 Å². The van der Waals surface area contributed by atoms with Crippen LogP contribution in [0.25, 0.3) is 6.08 Å². The van der Waals surface area contributed by atoms with Crippen LogP contribution >= 0.6 is 0 Å². The van der Waals surface area contributed by atoms with Crippen molar-refractivity contribution in [2.24, 2.45) is 28.6 Å². The minimum Gasteiger partial charge on any atom is -0.393 e. The van der Waals surface area contributed by atoms with Crippen molar-refractivity contribution in [2.75, 3.05) is 0 Å². The Labute approximate surface area is 192 Å². The number of allylic oxidation sites excluding steroid dienone is 2. The molecule has 1 heterocycles. The highest BCUT2D eigenvalue weighted by Crippen LogP contribution is 2.64. The van der Waals surface area contributed by atoms with E-state index in [1.54, 1.807) is 0 Å². The Morgan fingerprint density at radius 2 is 1.84 bits per heavy atom. The highest BCUT2D eigenvalue weighted by Gasteiger charge is 2.59. The van der Waals surface area contributed by atoms with Gasteiger partial charge in [-0.25, -0.2) is 0 Å². The van der Waals surface area contributed by atoms with Gasteiger partial charge in [-0.1, -0.05) is 38.3 Å². The third kappa shape index (κ3) is 2.97. The lowest BCUT2D eigenvalue weighted by molar-refractivity contribution is -0.130. The molecule has 0 aliphatic heterocycles. The van der Waals surface area contributed by atoms with Crippen molar-refractivity contribution in [2.45, 2.75) is 96.6 Å². The van der Waals surface area contributed by atoms with Gasteiger partial charge in [0.05, 0.1) is 17.8 Å². The fourth-order valence-corrected chi connectivity index (χ4v) is 8.51. The number of hydrogen-bond acceptors (Lipinski definition) is 3. The maximum atomic E-state index is 13.8. The zero-order valence-corrected chi connectivity index (χ0v) is 19.7. The summed E-state index contributed by atoms with van der Waals surface area (Å²) < 4.78 is 2.18. The first-order valence-corrected chi connectivity index (χ1v) is 13.1. The molecule has 0 spiro atoms. The first-order chi connectivity index (χ1) is 15.4. The molecule has 4 saturated carbocycles. The Hall–Kier alpha value is -1.68. The van der Waals surface area contributed by atoms with E-state index in [-0.39, 0.29) is 16.9 Å². The molecule has 0 unspecified atom stereocenters. The minimum absolute atomic E-state index is 0.160. The van der Waals surface area contributed by atoms with Gasteiger partial charge in [0.15, 0.2) is 5.78 Å². The van der Waals surface area contributed by atoms with Gasteiger partial charge in [-0.3, -0.25) is 9.48 Å². The van der Waals surface area contributed by atoms with E-state index in [4.69, 9.17) is 0 Å². The van der Waals surface area contributed by atoms with Crippen molar-refractivity contribution in [3.63, 3.8) is 0 Å². The molecule has 6 atom stereocenters. The molecule has 0 bridgehead atoms. The third-order valence-corrected chi connectivity index (χ3v) is 10.4. The molecule has 1 aromatic rings. The van der Waals surface area contributed by atoms with Crippen LogP contribution in [-0.2, 0) is 4.79 Å². The lowest BCUT2D eigenvalue weighted by Gasteiger charge is -2.56. The lowest BCUT2D eigenvalue weighted by atomic mass is 9.48. The topological polar surface area (TPSA) is 55.1 Å². The van der Waals surface area contributed by atoms with Crippen LogP contribution < -0.4 is 0 Å². The maximum absolute atomic E-state index is 13.8. The first kappa shape index (κ1) is 20.9. The van der Waals surface area contributed by atoms with Crippen LogP contribution in [0, 0.1) is 28.6 Å². The number of ketones is 1. The summed E-state index contributed by atoms with van der Waals surface area (Å²) >= 11 is 0. The van der Waals surface area contributed by atoms with Crippen LogP contribution in [0.5, 0.6) is 0 Å². The molecule has 0 aromatic carbocycles. The molecular weight excluding hydrogens is 396 g/mol. The summed E-state index contributed by atoms with van der Waals surface area (Å²) in [4.78, 5) is 13.8. The normalized spacial score (nSPS) is 43.2. The number of aliphatic hydroxyl groups is 1. The van der Waals surface area contributed by atoms with Crippen molar-refractivity contribution < 1.29 is 9.90 Å². The van der Waals surface area contributed by atoms with E-state index in [1.165, 1.54) is 31.3 Å². The monoisotopic (exact) mass is 434 g/mol. The summed E-state index contributed by atoms with van der Waals surface area (Å²) in [6.45, 7) is 4.72. The number of aliphatic hydroxyl groups excluding tert-OH is 1. The Morgan fingerprint density at radius 3 is 2.66 bits per heavy atom. The molecule has 32 heavy (non-hydrogen) atoms. The van der Waals surface area contributed by atoms with Crippen LogP contribution in [0.2, 0.25) is 0 Å². The van der Waals surface area contributed by atoms with Crippen molar-refractivity contribution in [3.8, 4) is 0 Å². The van der Waals surface area contributed by atoms with Crippen LogP contribution in [0.1, 0.15) is 96.2 Å². The fourth-order valence-electron chi connectivity index (χ4n) is 8.51. The summed E-state index contributed by atoms with van der Waals surface area (Å²) in [7, 11) is 0. The molecule has 4 fully saturated rings. The highest BCUT2D eigenvalue weighted by atomic mass is 16.3. The number of nitrogens with zero attached hydrogens (tertiary/aromatic N) is 2. The van der Waals surface area contributed by atoms with Gasteiger partial charge in [-0.15, -0.1) is 0 Å². The average molecular weight is 435 g/mol. The SMILES string of the molecule is C[C@@]12CC[C@@H]3[C@H](CC=C4C[C@@H](O)CC[C@@]43C)[C@H]1C/C(=C\c1ccnn1C1CCCC1)C2=O. The summed E-state index contributed by atoms with van der Waals surface area (Å²) in [6, 6.07) is 2.59. The minimum atomic E-state index is -0.207. The van der Waals surface area contributed by atoms with Crippen LogP contribution in [0.4, 0.5) is 0 Å². The molecule has 4 nitrogen and oxygen atoms in total. The largest absolute Gasteiger partial charge is 0.393 e. The van der Waals surface area contributed by atoms with Crippen LogP contribution in [0.15, 0.2) is 29.5 Å². The van der Waals surface area contributed by atoms with Crippen LogP contribution in [-0.4, -0.2) is 26.8 Å². The Bertz CT molecular complexity index is 983. The Morgan fingerprint density at radius 1 is 1.06 bits per heavy atom. The van der Waals surface area contributed by atoms with E-state index in [0.29, 0.717) is 29.6 Å². The van der Waals surface area contributed by atoms with Gasteiger partial charge in [-0.05, 0) is 98.7 Å². The molecule has 1 N–H and O–H groups in total. The zero-order valence-electron chi connectivity index (χ0n) is 19.7. The zero-order chi connectivity index (χ0) is 22.1.